The van der Waals surface area contributed by atoms with E-state index in [1.165, 1.54) is 7.11 Å². The molecule has 1 amide bonds. The molecule has 0 saturated carbocycles. The summed E-state index contributed by atoms with van der Waals surface area (Å²) in [6.45, 7) is 5.72. The fraction of sp³-hybridized carbons (Fsp3) is 0.467. The largest absolute Gasteiger partial charge is 0.465 e. The average molecular weight is 278 g/mol. The van der Waals surface area contributed by atoms with Crippen LogP contribution in [0.4, 0.5) is 5.69 Å². The number of amides is 1. The normalized spacial score (nSPS) is 10.4. The van der Waals surface area contributed by atoms with Crippen molar-refractivity contribution in [2.75, 3.05) is 25.5 Å². The summed E-state index contributed by atoms with van der Waals surface area (Å²) in [7, 11) is 1.32. The van der Waals surface area contributed by atoms with Gasteiger partial charge in [0.25, 0.3) is 0 Å². The quantitative estimate of drug-likeness (QED) is 0.591. The smallest absolute Gasteiger partial charge is 0.339 e. The molecule has 0 saturated heterocycles. The molecule has 0 heterocycles. The number of benzene rings is 1. The van der Waals surface area contributed by atoms with E-state index in [-0.39, 0.29) is 5.91 Å². The molecule has 0 aliphatic rings. The van der Waals surface area contributed by atoms with Crippen molar-refractivity contribution >= 4 is 17.6 Å². The molecule has 1 rings (SSSR count). The Balaban J connectivity index is 2.51. The molecule has 5 nitrogen and oxygen atoms in total. The van der Waals surface area contributed by atoms with Crippen LogP contribution in [0.15, 0.2) is 24.3 Å². The highest BCUT2D eigenvalue weighted by Gasteiger charge is 2.12. The van der Waals surface area contributed by atoms with Gasteiger partial charge in [-0.05, 0) is 24.6 Å². The lowest BCUT2D eigenvalue weighted by Gasteiger charge is -2.10. The standard InChI is InChI=1S/C15H22N2O3/c1-11(2)10-16-9-8-14(18)17-13-7-5-4-6-12(13)15(19)20-3/h4-7,11,16H,8-10H2,1-3H3,(H,17,18). The van der Waals surface area contributed by atoms with Crippen LogP contribution in [-0.4, -0.2) is 32.1 Å². The number of para-hydroxylation sites is 1. The number of carbonyl (C=O) groups is 2. The van der Waals surface area contributed by atoms with Crippen LogP contribution in [0.3, 0.4) is 0 Å². The highest BCUT2D eigenvalue weighted by atomic mass is 16.5. The lowest BCUT2D eigenvalue weighted by atomic mass is 10.1. The van der Waals surface area contributed by atoms with Crippen LogP contribution in [0.5, 0.6) is 0 Å². The molecule has 0 aromatic heterocycles. The molecule has 0 aliphatic heterocycles. The van der Waals surface area contributed by atoms with E-state index in [0.29, 0.717) is 30.1 Å². The number of methoxy groups -OCH3 is 1. The Morgan fingerprint density at radius 2 is 1.95 bits per heavy atom. The Morgan fingerprint density at radius 1 is 1.25 bits per heavy atom. The van der Waals surface area contributed by atoms with Crippen LogP contribution < -0.4 is 10.6 Å². The Bertz CT molecular complexity index is 458. The van der Waals surface area contributed by atoms with Crippen LogP contribution in [0.2, 0.25) is 0 Å². The van der Waals surface area contributed by atoms with E-state index in [1.54, 1.807) is 24.3 Å². The highest BCUT2D eigenvalue weighted by molar-refractivity contribution is 6.01. The van der Waals surface area contributed by atoms with E-state index in [0.717, 1.165) is 6.54 Å². The van der Waals surface area contributed by atoms with Gasteiger partial charge < -0.3 is 15.4 Å². The van der Waals surface area contributed by atoms with E-state index in [1.807, 2.05) is 0 Å². The summed E-state index contributed by atoms with van der Waals surface area (Å²) in [6.07, 6.45) is 0.363. The van der Waals surface area contributed by atoms with Crippen LogP contribution >= 0.6 is 0 Å². The van der Waals surface area contributed by atoms with Crippen LogP contribution in [0.1, 0.15) is 30.6 Å². The first-order chi connectivity index (χ1) is 9.54. The van der Waals surface area contributed by atoms with Crippen molar-refractivity contribution in [3.05, 3.63) is 29.8 Å². The second-order valence-corrected chi connectivity index (χ2v) is 4.93. The molecule has 0 spiro atoms. The number of ether oxygens (including phenoxy) is 1. The maximum Gasteiger partial charge on any atom is 0.339 e. The lowest BCUT2D eigenvalue weighted by molar-refractivity contribution is -0.116. The van der Waals surface area contributed by atoms with Gasteiger partial charge in [0, 0.05) is 13.0 Å². The first-order valence-corrected chi connectivity index (χ1v) is 6.72. The second-order valence-electron chi connectivity index (χ2n) is 4.93. The summed E-state index contributed by atoms with van der Waals surface area (Å²) in [4.78, 5) is 23.4. The Hall–Kier alpha value is -1.88. The SMILES string of the molecule is COC(=O)c1ccccc1NC(=O)CCNCC(C)C. The summed E-state index contributed by atoms with van der Waals surface area (Å²) < 4.78 is 4.68. The van der Waals surface area contributed by atoms with Crippen molar-refractivity contribution in [2.24, 2.45) is 5.92 Å². The number of anilines is 1. The van der Waals surface area contributed by atoms with Gasteiger partial charge in [0.15, 0.2) is 0 Å². The molecule has 0 unspecified atom stereocenters. The second kappa shape index (κ2) is 8.32. The molecular formula is C15H22N2O3. The summed E-state index contributed by atoms with van der Waals surface area (Å²) in [6, 6.07) is 6.80. The van der Waals surface area contributed by atoms with Gasteiger partial charge >= 0.3 is 5.97 Å². The summed E-state index contributed by atoms with van der Waals surface area (Å²) in [5.74, 6) is -0.0328. The summed E-state index contributed by atoms with van der Waals surface area (Å²) in [5.41, 5.74) is 0.840. The summed E-state index contributed by atoms with van der Waals surface area (Å²) >= 11 is 0. The highest BCUT2D eigenvalue weighted by Crippen LogP contribution is 2.16. The number of carbonyl (C=O) groups excluding carboxylic acids is 2. The number of esters is 1. The third kappa shape index (κ3) is 5.40. The number of nitrogens with one attached hydrogen (secondary N) is 2. The van der Waals surface area contributed by atoms with Gasteiger partial charge in [0.2, 0.25) is 5.91 Å². The molecule has 0 atom stereocenters. The average Bonchev–Trinajstić information content (AvgIpc) is 2.43. The van der Waals surface area contributed by atoms with Crippen molar-refractivity contribution in [3.8, 4) is 0 Å². The first kappa shape index (κ1) is 16.2. The zero-order chi connectivity index (χ0) is 15.0. The molecule has 0 bridgehead atoms. The molecule has 0 aliphatic carbocycles. The zero-order valence-electron chi connectivity index (χ0n) is 12.2. The van der Waals surface area contributed by atoms with Gasteiger partial charge in [-0.1, -0.05) is 26.0 Å². The van der Waals surface area contributed by atoms with Gasteiger partial charge in [-0.25, -0.2) is 4.79 Å². The van der Waals surface area contributed by atoms with Crippen molar-refractivity contribution in [3.63, 3.8) is 0 Å². The topological polar surface area (TPSA) is 67.4 Å². The number of hydrogen-bond donors (Lipinski definition) is 2. The molecule has 2 N–H and O–H groups in total. The molecule has 1 aromatic carbocycles. The maximum atomic E-state index is 11.8. The molecule has 5 heteroatoms. The molecule has 20 heavy (non-hydrogen) atoms. The van der Waals surface area contributed by atoms with Gasteiger partial charge in [-0.3, -0.25) is 4.79 Å². The third-order valence-electron chi connectivity index (χ3n) is 2.69. The van der Waals surface area contributed by atoms with E-state index < -0.39 is 5.97 Å². The van der Waals surface area contributed by atoms with Gasteiger partial charge in [0.05, 0.1) is 18.4 Å². The maximum absolute atomic E-state index is 11.8. The fourth-order valence-electron chi connectivity index (χ4n) is 1.69. The van der Waals surface area contributed by atoms with E-state index in [9.17, 15) is 9.59 Å². The van der Waals surface area contributed by atoms with Crippen molar-refractivity contribution in [2.45, 2.75) is 20.3 Å². The zero-order valence-corrected chi connectivity index (χ0v) is 12.2. The molecule has 1 aromatic rings. The summed E-state index contributed by atoms with van der Waals surface area (Å²) in [5, 5.41) is 5.93. The molecular weight excluding hydrogens is 256 g/mol. The van der Waals surface area contributed by atoms with Crippen molar-refractivity contribution in [1.82, 2.24) is 5.32 Å². The number of rotatable bonds is 7. The fourth-order valence-corrected chi connectivity index (χ4v) is 1.69. The Morgan fingerprint density at radius 3 is 2.60 bits per heavy atom. The van der Waals surface area contributed by atoms with Crippen LogP contribution in [0, 0.1) is 5.92 Å². The van der Waals surface area contributed by atoms with E-state index in [4.69, 9.17) is 0 Å². The molecule has 110 valence electrons. The first-order valence-electron chi connectivity index (χ1n) is 6.72. The Kier molecular flexibility index (Phi) is 6.73. The van der Waals surface area contributed by atoms with Gasteiger partial charge in [0.1, 0.15) is 0 Å². The van der Waals surface area contributed by atoms with Crippen LogP contribution in [-0.2, 0) is 9.53 Å². The van der Waals surface area contributed by atoms with Crippen molar-refractivity contribution in [1.29, 1.82) is 0 Å². The van der Waals surface area contributed by atoms with Crippen molar-refractivity contribution < 1.29 is 14.3 Å². The van der Waals surface area contributed by atoms with Gasteiger partial charge in [-0.2, -0.15) is 0 Å². The van der Waals surface area contributed by atoms with E-state index >= 15 is 0 Å². The molecule has 0 radical (unpaired) electrons. The minimum atomic E-state index is -0.459. The monoisotopic (exact) mass is 278 g/mol. The van der Waals surface area contributed by atoms with Crippen LogP contribution in [0.25, 0.3) is 0 Å². The van der Waals surface area contributed by atoms with Gasteiger partial charge in [-0.15, -0.1) is 0 Å². The predicted octanol–water partition coefficient (Wildman–Crippen LogP) is 2.05. The van der Waals surface area contributed by atoms with E-state index in [2.05, 4.69) is 29.2 Å². The molecule has 0 fully saturated rings. The minimum absolute atomic E-state index is 0.127. The third-order valence-corrected chi connectivity index (χ3v) is 2.69. The Labute approximate surface area is 119 Å². The number of hydrogen-bond acceptors (Lipinski definition) is 4. The lowest BCUT2D eigenvalue weighted by Crippen LogP contribution is -2.25. The predicted molar refractivity (Wildman–Crippen MR) is 78.7 cm³/mol. The minimum Gasteiger partial charge on any atom is -0.465 e.